The summed E-state index contributed by atoms with van der Waals surface area (Å²) in [5, 5.41) is 21.4. The molecular weight excluding hydrogens is 575 g/mol. The molecule has 0 bridgehead atoms. The molecule has 1 heterocycles. The summed E-state index contributed by atoms with van der Waals surface area (Å²) >= 11 is 0. The lowest BCUT2D eigenvalue weighted by Gasteiger charge is -2.34. The van der Waals surface area contributed by atoms with Crippen molar-refractivity contribution in [3.8, 4) is 17.6 Å². The van der Waals surface area contributed by atoms with Gasteiger partial charge in [-0.2, -0.15) is 5.26 Å². The number of aliphatic hydroxyl groups is 1. The maximum atomic E-state index is 13.3. The van der Waals surface area contributed by atoms with Crippen LogP contribution in [0.5, 0.6) is 11.5 Å². The maximum Gasteiger partial charge on any atom is 0.161 e. The molecule has 2 atom stereocenters. The van der Waals surface area contributed by atoms with Crippen LogP contribution >= 0.6 is 0 Å². The van der Waals surface area contributed by atoms with Gasteiger partial charge in [-0.1, -0.05) is 109 Å². The van der Waals surface area contributed by atoms with E-state index in [1.54, 1.807) is 26.4 Å². The van der Waals surface area contributed by atoms with E-state index < -0.39 is 11.5 Å². The topological polar surface area (TPSA) is 65.7 Å². The van der Waals surface area contributed by atoms with E-state index >= 15 is 0 Å². The summed E-state index contributed by atoms with van der Waals surface area (Å²) in [6.07, 6.45) is 20.5. The molecule has 2 aromatic carbocycles. The molecule has 0 aliphatic carbocycles. The van der Waals surface area contributed by atoms with Gasteiger partial charge in [-0.05, 0) is 93.0 Å². The molecule has 46 heavy (non-hydrogen) atoms. The molecule has 0 saturated carbocycles. The van der Waals surface area contributed by atoms with E-state index in [4.69, 9.17) is 9.47 Å². The summed E-state index contributed by atoms with van der Waals surface area (Å²) in [5.41, 5.74) is 1.36. The molecule has 5 nitrogen and oxygen atoms in total. The van der Waals surface area contributed by atoms with Crippen molar-refractivity contribution < 1.29 is 19.0 Å². The first-order valence-electron chi connectivity index (χ1n) is 18.3. The van der Waals surface area contributed by atoms with E-state index in [1.165, 1.54) is 69.9 Å². The van der Waals surface area contributed by atoms with Gasteiger partial charge in [0.2, 0.25) is 0 Å². The zero-order valence-electron chi connectivity index (χ0n) is 29.1. The van der Waals surface area contributed by atoms with E-state index in [0.717, 1.165) is 88.5 Å². The van der Waals surface area contributed by atoms with Crippen LogP contribution in [0.2, 0.25) is 0 Å². The second kappa shape index (κ2) is 21.3. The van der Waals surface area contributed by atoms with Gasteiger partial charge in [-0.15, -0.1) is 0 Å². The fraction of sp³-hybridized carbons (Fsp3) is 0.675. The summed E-state index contributed by atoms with van der Waals surface area (Å²) < 4.78 is 24.4. The Morgan fingerprint density at radius 3 is 1.89 bits per heavy atom. The van der Waals surface area contributed by atoms with Gasteiger partial charge in [-0.25, -0.2) is 4.39 Å². The molecule has 1 aliphatic heterocycles. The highest BCUT2D eigenvalue weighted by Crippen LogP contribution is 2.40. The van der Waals surface area contributed by atoms with Gasteiger partial charge in [0.1, 0.15) is 5.82 Å². The maximum absolute atomic E-state index is 13.3. The van der Waals surface area contributed by atoms with E-state index in [1.807, 2.05) is 12.1 Å². The molecule has 0 radical (unpaired) electrons. The zero-order valence-corrected chi connectivity index (χ0v) is 29.1. The Morgan fingerprint density at radius 1 is 0.804 bits per heavy atom. The number of methoxy groups -OCH3 is 2. The van der Waals surface area contributed by atoms with Crippen molar-refractivity contribution in [2.45, 2.75) is 134 Å². The first-order valence-corrected chi connectivity index (χ1v) is 18.3. The van der Waals surface area contributed by atoms with Crippen molar-refractivity contribution in [2.24, 2.45) is 5.92 Å². The number of likely N-dealkylation sites (tertiary alicyclic amines) is 1. The molecule has 256 valence electrons. The Kier molecular flexibility index (Phi) is 17.5. The van der Waals surface area contributed by atoms with Crippen molar-refractivity contribution in [2.75, 3.05) is 33.9 Å². The smallest absolute Gasteiger partial charge is 0.161 e. The van der Waals surface area contributed by atoms with Crippen molar-refractivity contribution in [3.63, 3.8) is 0 Å². The average Bonchev–Trinajstić information content (AvgIpc) is 3.09. The molecular formula is C40H61FN2O3. The number of hydrogen-bond acceptors (Lipinski definition) is 5. The highest BCUT2D eigenvalue weighted by molar-refractivity contribution is 5.47. The van der Waals surface area contributed by atoms with E-state index in [-0.39, 0.29) is 11.7 Å². The van der Waals surface area contributed by atoms with Crippen LogP contribution in [-0.2, 0) is 5.41 Å². The fourth-order valence-corrected chi connectivity index (χ4v) is 7.18. The van der Waals surface area contributed by atoms with Gasteiger partial charge in [0, 0.05) is 0 Å². The molecule has 2 unspecified atom stereocenters. The fourth-order valence-electron chi connectivity index (χ4n) is 7.18. The molecule has 0 amide bonds. The standard InChI is InChI=1S/C40H61FN2O3/c1-4-5-6-7-8-9-10-11-12-15-26-40(32-42,35-20-23-37(45-2)38(31-35)46-3)27-16-13-14-17-28-43-29-24-34(25-30-43)39(44)33-18-21-36(41)22-19-33/h18-23,31,34,39,44H,4-17,24-30H2,1-3H3. The van der Waals surface area contributed by atoms with Crippen molar-refractivity contribution in [1.29, 1.82) is 5.26 Å². The highest BCUT2D eigenvalue weighted by atomic mass is 19.1. The predicted octanol–water partition coefficient (Wildman–Crippen LogP) is 10.3. The Morgan fingerprint density at radius 2 is 1.35 bits per heavy atom. The van der Waals surface area contributed by atoms with Gasteiger partial charge >= 0.3 is 0 Å². The number of benzene rings is 2. The summed E-state index contributed by atoms with van der Waals surface area (Å²) in [4.78, 5) is 2.52. The van der Waals surface area contributed by atoms with Gasteiger partial charge in [-0.3, -0.25) is 0 Å². The number of halogens is 1. The molecule has 1 saturated heterocycles. The molecule has 1 fully saturated rings. The van der Waals surface area contributed by atoms with Crippen LogP contribution < -0.4 is 9.47 Å². The van der Waals surface area contributed by atoms with Crippen LogP contribution in [-0.4, -0.2) is 43.9 Å². The SMILES string of the molecule is CCCCCCCCCCCCC(C#N)(CCCCCCN1CCC(C(O)c2ccc(F)cc2)CC1)c1ccc(OC)c(OC)c1. The first kappa shape index (κ1) is 37.8. The Hall–Kier alpha value is -2.62. The number of piperidine rings is 1. The third-order valence-corrected chi connectivity index (χ3v) is 10.2. The number of nitriles is 1. The second-order valence-corrected chi connectivity index (χ2v) is 13.5. The van der Waals surface area contributed by atoms with Gasteiger partial charge in [0.05, 0.1) is 31.8 Å². The molecule has 3 rings (SSSR count). The summed E-state index contributed by atoms with van der Waals surface area (Å²) in [5.74, 6) is 1.36. The van der Waals surface area contributed by atoms with Crippen LogP contribution in [0.25, 0.3) is 0 Å². The van der Waals surface area contributed by atoms with Gasteiger partial charge < -0.3 is 19.5 Å². The minimum absolute atomic E-state index is 0.230. The number of hydrogen-bond donors (Lipinski definition) is 1. The van der Waals surface area contributed by atoms with Gasteiger partial charge in [0.15, 0.2) is 11.5 Å². The molecule has 1 aliphatic rings. The van der Waals surface area contributed by atoms with Crippen molar-refractivity contribution >= 4 is 0 Å². The number of rotatable bonds is 23. The van der Waals surface area contributed by atoms with E-state index in [9.17, 15) is 14.8 Å². The van der Waals surface area contributed by atoms with Gasteiger partial charge in [0.25, 0.3) is 0 Å². The summed E-state index contributed by atoms with van der Waals surface area (Å²) in [6.45, 7) is 5.34. The minimum Gasteiger partial charge on any atom is -0.493 e. The van der Waals surface area contributed by atoms with E-state index in [2.05, 4.69) is 24.0 Å². The quantitative estimate of drug-likeness (QED) is 0.123. The largest absolute Gasteiger partial charge is 0.493 e. The normalized spacial score (nSPS) is 16.1. The molecule has 1 N–H and O–H groups in total. The van der Waals surface area contributed by atoms with Crippen LogP contribution in [0, 0.1) is 23.1 Å². The van der Waals surface area contributed by atoms with Crippen LogP contribution in [0.4, 0.5) is 4.39 Å². The van der Waals surface area contributed by atoms with Crippen molar-refractivity contribution in [3.05, 3.63) is 59.4 Å². The molecule has 2 aromatic rings. The Balaban J connectivity index is 1.43. The first-order chi connectivity index (χ1) is 22.5. The van der Waals surface area contributed by atoms with Crippen molar-refractivity contribution in [1.82, 2.24) is 4.90 Å². The average molecular weight is 637 g/mol. The minimum atomic E-state index is -0.519. The predicted molar refractivity (Wildman–Crippen MR) is 187 cm³/mol. The summed E-state index contributed by atoms with van der Waals surface area (Å²) in [7, 11) is 3.31. The van der Waals surface area contributed by atoms with Crippen LogP contribution in [0.15, 0.2) is 42.5 Å². The third-order valence-electron chi connectivity index (χ3n) is 10.2. The lowest BCUT2D eigenvalue weighted by Crippen LogP contribution is -2.36. The number of unbranched alkanes of at least 4 members (excludes halogenated alkanes) is 12. The third kappa shape index (κ3) is 12.2. The summed E-state index contributed by atoms with van der Waals surface area (Å²) in [6, 6.07) is 15.1. The number of nitrogens with zero attached hydrogens (tertiary/aromatic N) is 2. The molecule has 0 spiro atoms. The highest BCUT2D eigenvalue weighted by Gasteiger charge is 2.32. The Labute approximate surface area is 279 Å². The van der Waals surface area contributed by atoms with E-state index in [0.29, 0.717) is 11.5 Å². The molecule has 6 heteroatoms. The molecule has 0 aromatic heterocycles. The lowest BCUT2D eigenvalue weighted by atomic mass is 9.73. The number of ether oxygens (including phenoxy) is 2. The Bertz CT molecular complexity index is 1140. The lowest BCUT2D eigenvalue weighted by molar-refractivity contribution is 0.0583. The monoisotopic (exact) mass is 636 g/mol. The zero-order chi connectivity index (χ0) is 33.0. The van der Waals surface area contributed by atoms with Crippen LogP contribution in [0.1, 0.15) is 140 Å². The van der Waals surface area contributed by atoms with Crippen LogP contribution in [0.3, 0.4) is 0 Å². The number of aliphatic hydroxyl groups excluding tert-OH is 1. The second-order valence-electron chi connectivity index (χ2n) is 13.5.